The van der Waals surface area contributed by atoms with E-state index in [4.69, 9.17) is 23.7 Å². The molecule has 5 amide bonds. The van der Waals surface area contributed by atoms with Gasteiger partial charge in [0.15, 0.2) is 0 Å². The van der Waals surface area contributed by atoms with E-state index in [2.05, 4.69) is 33.5 Å². The Morgan fingerprint density at radius 1 is 0.623 bits per heavy atom. The highest BCUT2D eigenvalue weighted by Gasteiger charge is 2.20. The quantitative estimate of drug-likeness (QED) is 0.0715. The lowest BCUT2D eigenvalue weighted by molar-refractivity contribution is -0.129. The van der Waals surface area contributed by atoms with Gasteiger partial charge in [0.1, 0.15) is 18.2 Å². The molecule has 0 saturated heterocycles. The number of unbranched alkanes of at least 4 members (excludes halogenated alkanes) is 4. The third-order valence-corrected chi connectivity index (χ3v) is 7.42. The fourth-order valence-corrected chi connectivity index (χ4v) is 4.66. The summed E-state index contributed by atoms with van der Waals surface area (Å²) < 4.78 is 26.8. The first-order valence-corrected chi connectivity index (χ1v) is 19.0. The number of benzene rings is 1. The van der Waals surface area contributed by atoms with Gasteiger partial charge in [-0.1, -0.05) is 50.1 Å². The van der Waals surface area contributed by atoms with Crippen molar-refractivity contribution >= 4 is 29.9 Å². The Kier molecular flexibility index (Phi) is 27.1. The summed E-state index contributed by atoms with van der Waals surface area (Å²) in [6.45, 7) is 11.1. The number of amides is 5. The van der Waals surface area contributed by atoms with E-state index < -0.39 is 23.8 Å². The van der Waals surface area contributed by atoms with Crippen molar-refractivity contribution in [3.05, 3.63) is 35.9 Å². The van der Waals surface area contributed by atoms with E-state index >= 15 is 0 Å². The molecule has 0 radical (unpaired) electrons. The molecule has 1 aromatic rings. The van der Waals surface area contributed by atoms with E-state index in [1.165, 1.54) is 0 Å². The SMILES string of the molecule is CCCCCC(=O)NCCCCNC(=O)C(CCCCNC(=O)OC(C)(C)C)NC(=O)CCOCCOCCOCCNC(=O)OCc1ccccc1. The topological polar surface area (TPSA) is 192 Å². The first kappa shape index (κ1) is 47.1. The predicted octanol–water partition coefficient (Wildman–Crippen LogP) is 4.13. The van der Waals surface area contributed by atoms with Crippen LogP contribution in [0.1, 0.15) is 97.5 Å². The van der Waals surface area contributed by atoms with Gasteiger partial charge in [0.2, 0.25) is 17.7 Å². The molecule has 0 aliphatic carbocycles. The monoisotopic (exact) mass is 751 g/mol. The molecule has 1 atom stereocenters. The van der Waals surface area contributed by atoms with Crippen LogP contribution in [-0.4, -0.2) is 107 Å². The molecular weight excluding hydrogens is 686 g/mol. The third kappa shape index (κ3) is 29.2. The normalized spacial score (nSPS) is 11.6. The van der Waals surface area contributed by atoms with Crippen molar-refractivity contribution in [1.82, 2.24) is 26.6 Å². The molecule has 15 nitrogen and oxygen atoms in total. The minimum atomic E-state index is -0.735. The molecule has 53 heavy (non-hydrogen) atoms. The Bertz CT molecular complexity index is 1150. The minimum Gasteiger partial charge on any atom is -0.445 e. The van der Waals surface area contributed by atoms with Crippen LogP contribution in [0.2, 0.25) is 0 Å². The summed E-state index contributed by atoms with van der Waals surface area (Å²) in [5.41, 5.74) is 0.317. The van der Waals surface area contributed by atoms with E-state index in [1.54, 1.807) is 20.8 Å². The van der Waals surface area contributed by atoms with Crippen LogP contribution < -0.4 is 26.6 Å². The van der Waals surface area contributed by atoms with Gasteiger partial charge in [0.05, 0.1) is 39.6 Å². The van der Waals surface area contributed by atoms with E-state index in [-0.39, 0.29) is 44.0 Å². The Balaban J connectivity index is 2.24. The summed E-state index contributed by atoms with van der Waals surface area (Å²) in [5.74, 6) is -0.540. The summed E-state index contributed by atoms with van der Waals surface area (Å²) in [6, 6.07) is 8.68. The van der Waals surface area contributed by atoms with E-state index in [0.29, 0.717) is 84.7 Å². The zero-order valence-corrected chi connectivity index (χ0v) is 32.4. The molecule has 0 aromatic heterocycles. The average molecular weight is 752 g/mol. The Morgan fingerprint density at radius 3 is 1.91 bits per heavy atom. The molecule has 0 aliphatic heterocycles. The van der Waals surface area contributed by atoms with Crippen LogP contribution in [0.15, 0.2) is 30.3 Å². The van der Waals surface area contributed by atoms with Crippen LogP contribution in [0, 0.1) is 0 Å². The molecule has 0 bridgehead atoms. The summed E-state index contributed by atoms with van der Waals surface area (Å²) >= 11 is 0. The summed E-state index contributed by atoms with van der Waals surface area (Å²) in [5, 5.41) is 13.9. The van der Waals surface area contributed by atoms with Crippen LogP contribution in [0.5, 0.6) is 0 Å². The zero-order valence-electron chi connectivity index (χ0n) is 32.4. The van der Waals surface area contributed by atoms with Crippen LogP contribution in [0.4, 0.5) is 9.59 Å². The van der Waals surface area contributed by atoms with E-state index in [1.807, 2.05) is 30.3 Å². The summed E-state index contributed by atoms with van der Waals surface area (Å²) in [6.07, 6.45) is 5.60. The Morgan fingerprint density at radius 2 is 1.23 bits per heavy atom. The third-order valence-electron chi connectivity index (χ3n) is 7.42. The summed E-state index contributed by atoms with van der Waals surface area (Å²) in [4.78, 5) is 61.2. The Hall–Kier alpha value is -3.95. The standard InChI is InChI=1S/C38H65N5O10/c1-5-6-8-18-33(44)39-20-13-14-21-40-35(46)32(17-11-12-22-41-37(48)53-38(2,3)4)43-34(45)19-24-49-26-28-51-29-27-50-25-23-42-36(47)52-30-31-15-9-7-10-16-31/h7,9-10,15-16,32H,5-6,8,11-14,17-30H2,1-4H3,(H,39,44)(H,40,46)(H,41,48)(H,42,47)(H,43,45). The van der Waals surface area contributed by atoms with E-state index in [9.17, 15) is 24.0 Å². The average Bonchev–Trinajstić information content (AvgIpc) is 3.11. The zero-order chi connectivity index (χ0) is 39.0. The van der Waals surface area contributed by atoms with Crippen molar-refractivity contribution in [3.63, 3.8) is 0 Å². The lowest BCUT2D eigenvalue weighted by Gasteiger charge is -2.20. The molecular formula is C38H65N5O10. The second-order valence-corrected chi connectivity index (χ2v) is 13.4. The number of carbonyl (C=O) groups excluding carboxylic acids is 5. The molecule has 1 rings (SSSR count). The first-order valence-electron chi connectivity index (χ1n) is 19.0. The smallest absolute Gasteiger partial charge is 0.407 e. The molecule has 5 N–H and O–H groups in total. The highest BCUT2D eigenvalue weighted by atomic mass is 16.6. The predicted molar refractivity (Wildman–Crippen MR) is 201 cm³/mol. The van der Waals surface area contributed by atoms with Crippen LogP contribution in [0.3, 0.4) is 0 Å². The highest BCUT2D eigenvalue weighted by Crippen LogP contribution is 2.07. The molecule has 0 aliphatic rings. The van der Waals surface area contributed by atoms with Crippen molar-refractivity contribution in [2.45, 2.75) is 110 Å². The number of ether oxygens (including phenoxy) is 5. The summed E-state index contributed by atoms with van der Waals surface area (Å²) in [7, 11) is 0. The highest BCUT2D eigenvalue weighted by molar-refractivity contribution is 5.87. The maximum atomic E-state index is 13.0. The van der Waals surface area contributed by atoms with Crippen LogP contribution >= 0.6 is 0 Å². The van der Waals surface area contributed by atoms with Gasteiger partial charge in [0, 0.05) is 39.0 Å². The second kappa shape index (κ2) is 30.5. The van der Waals surface area contributed by atoms with Crippen molar-refractivity contribution in [3.8, 4) is 0 Å². The van der Waals surface area contributed by atoms with Gasteiger partial charge in [-0.05, 0) is 64.9 Å². The van der Waals surface area contributed by atoms with Crippen molar-refractivity contribution < 1.29 is 47.7 Å². The van der Waals surface area contributed by atoms with Gasteiger partial charge in [-0.2, -0.15) is 0 Å². The minimum absolute atomic E-state index is 0.0506. The fourth-order valence-electron chi connectivity index (χ4n) is 4.66. The molecule has 0 spiro atoms. The molecule has 0 saturated carbocycles. The first-order chi connectivity index (χ1) is 25.5. The second-order valence-electron chi connectivity index (χ2n) is 13.4. The van der Waals surface area contributed by atoms with Crippen LogP contribution in [-0.2, 0) is 44.7 Å². The van der Waals surface area contributed by atoms with Crippen molar-refractivity contribution in [2.24, 2.45) is 0 Å². The van der Waals surface area contributed by atoms with E-state index in [0.717, 1.165) is 31.2 Å². The van der Waals surface area contributed by atoms with Gasteiger partial charge in [-0.15, -0.1) is 0 Å². The Labute approximate surface area is 315 Å². The van der Waals surface area contributed by atoms with Gasteiger partial charge in [0.25, 0.3) is 0 Å². The van der Waals surface area contributed by atoms with Crippen LogP contribution in [0.25, 0.3) is 0 Å². The number of nitrogens with one attached hydrogen (secondary N) is 5. The molecule has 1 unspecified atom stereocenters. The maximum Gasteiger partial charge on any atom is 0.407 e. The molecule has 1 aromatic carbocycles. The molecule has 0 fully saturated rings. The number of rotatable bonds is 30. The number of alkyl carbamates (subject to hydrolysis) is 2. The molecule has 302 valence electrons. The fraction of sp³-hybridized carbons (Fsp3) is 0.711. The lowest BCUT2D eigenvalue weighted by atomic mass is 10.1. The maximum absolute atomic E-state index is 13.0. The van der Waals surface area contributed by atoms with Crippen molar-refractivity contribution in [1.29, 1.82) is 0 Å². The number of carbonyl (C=O) groups is 5. The van der Waals surface area contributed by atoms with Crippen molar-refractivity contribution in [2.75, 3.05) is 65.8 Å². The largest absolute Gasteiger partial charge is 0.445 e. The van der Waals surface area contributed by atoms with Gasteiger partial charge in [-0.25, -0.2) is 9.59 Å². The van der Waals surface area contributed by atoms with Gasteiger partial charge in [-0.3, -0.25) is 14.4 Å². The van der Waals surface area contributed by atoms with Gasteiger partial charge < -0.3 is 50.3 Å². The van der Waals surface area contributed by atoms with Gasteiger partial charge >= 0.3 is 12.2 Å². The molecule has 15 heteroatoms. The molecule has 0 heterocycles. The number of hydrogen-bond donors (Lipinski definition) is 5. The lowest BCUT2D eigenvalue weighted by Crippen LogP contribution is -2.47. The number of hydrogen-bond acceptors (Lipinski definition) is 10.